The molecule has 182 valence electrons. The van der Waals surface area contributed by atoms with E-state index in [1.807, 2.05) is 0 Å². The van der Waals surface area contributed by atoms with Crippen LogP contribution in [0.4, 0.5) is 0 Å². The molecule has 1 aromatic carbocycles. The zero-order valence-corrected chi connectivity index (χ0v) is 18.7. The first-order valence-electron chi connectivity index (χ1n) is 9.94. The van der Waals surface area contributed by atoms with Crippen molar-refractivity contribution in [3.05, 3.63) is 29.8 Å². The molecular formula is C20H28N4O8S. The molecule has 0 heterocycles. The van der Waals surface area contributed by atoms with Crippen LogP contribution in [-0.2, 0) is 30.4 Å². The van der Waals surface area contributed by atoms with Crippen LogP contribution in [-0.4, -0.2) is 74.9 Å². The number of carboxylic acids is 2. The van der Waals surface area contributed by atoms with Crippen molar-refractivity contribution >= 4 is 42.3 Å². The standard InChI is InChI=1S/C20H28N4O8S/c1-10(20(31)32)22-18(29)14(6-7-16(26)27)23-19(30)15(24-17(28)13(21)9-33)8-11-2-4-12(25)5-3-11/h2-5,10,13-15,25,33H,6-9,21H2,1H3,(H,22,29)(H,23,30)(H,24,28)(H,26,27)(H,31,32). The van der Waals surface area contributed by atoms with Crippen LogP contribution in [0.2, 0.25) is 0 Å². The minimum atomic E-state index is -1.37. The molecule has 1 rings (SSSR count). The van der Waals surface area contributed by atoms with E-state index in [0.717, 1.165) is 0 Å². The fourth-order valence-corrected chi connectivity index (χ4v) is 2.79. The van der Waals surface area contributed by atoms with Crippen molar-refractivity contribution in [1.29, 1.82) is 0 Å². The lowest BCUT2D eigenvalue weighted by Gasteiger charge is -2.24. The first kappa shape index (κ1) is 27.7. The Bertz CT molecular complexity index is 864. The van der Waals surface area contributed by atoms with Crippen molar-refractivity contribution in [3.63, 3.8) is 0 Å². The number of hydrogen-bond acceptors (Lipinski definition) is 8. The van der Waals surface area contributed by atoms with E-state index in [4.69, 9.17) is 15.9 Å². The second-order valence-electron chi connectivity index (χ2n) is 7.28. The smallest absolute Gasteiger partial charge is 0.325 e. The SMILES string of the molecule is CC(NC(=O)C(CCC(=O)O)NC(=O)C(Cc1ccc(O)cc1)NC(=O)C(N)CS)C(=O)O. The normalized spacial score (nSPS) is 14.3. The monoisotopic (exact) mass is 484 g/mol. The van der Waals surface area contributed by atoms with Crippen molar-refractivity contribution in [1.82, 2.24) is 16.0 Å². The summed E-state index contributed by atoms with van der Waals surface area (Å²) in [4.78, 5) is 59.7. The summed E-state index contributed by atoms with van der Waals surface area (Å²) in [6.07, 6.45) is -0.815. The number of carbonyl (C=O) groups excluding carboxylic acids is 3. The van der Waals surface area contributed by atoms with Gasteiger partial charge in [0.05, 0.1) is 6.04 Å². The van der Waals surface area contributed by atoms with Gasteiger partial charge in [0.15, 0.2) is 0 Å². The van der Waals surface area contributed by atoms with Gasteiger partial charge in [0.2, 0.25) is 17.7 Å². The Morgan fingerprint density at radius 1 is 0.939 bits per heavy atom. The van der Waals surface area contributed by atoms with Crippen molar-refractivity contribution in [2.75, 3.05) is 5.75 Å². The lowest BCUT2D eigenvalue weighted by Crippen LogP contribution is -2.57. The Labute approximate surface area is 195 Å². The third-order valence-electron chi connectivity index (χ3n) is 4.55. The second-order valence-corrected chi connectivity index (χ2v) is 7.65. The molecular weight excluding hydrogens is 456 g/mol. The minimum Gasteiger partial charge on any atom is -0.508 e. The van der Waals surface area contributed by atoms with Gasteiger partial charge in [-0.1, -0.05) is 12.1 Å². The Hall–Kier alpha value is -3.32. The van der Waals surface area contributed by atoms with E-state index in [1.54, 1.807) is 0 Å². The lowest BCUT2D eigenvalue weighted by molar-refractivity contribution is -0.142. The summed E-state index contributed by atoms with van der Waals surface area (Å²) in [5, 5.41) is 34.4. The van der Waals surface area contributed by atoms with Crippen LogP contribution in [0.5, 0.6) is 5.75 Å². The van der Waals surface area contributed by atoms with Gasteiger partial charge in [-0.05, 0) is 31.0 Å². The highest BCUT2D eigenvalue weighted by molar-refractivity contribution is 7.80. The lowest BCUT2D eigenvalue weighted by atomic mass is 10.0. The molecule has 4 unspecified atom stereocenters. The topological polar surface area (TPSA) is 208 Å². The van der Waals surface area contributed by atoms with Crippen LogP contribution in [0.25, 0.3) is 0 Å². The molecule has 0 saturated carbocycles. The molecule has 33 heavy (non-hydrogen) atoms. The maximum atomic E-state index is 13.0. The van der Waals surface area contributed by atoms with E-state index in [1.165, 1.54) is 31.2 Å². The van der Waals surface area contributed by atoms with Crippen LogP contribution in [0, 0.1) is 0 Å². The van der Waals surface area contributed by atoms with Gasteiger partial charge in [-0.3, -0.25) is 24.0 Å². The number of carbonyl (C=O) groups is 5. The van der Waals surface area contributed by atoms with E-state index in [-0.39, 0.29) is 24.3 Å². The molecule has 0 aliphatic carbocycles. The number of phenols is 1. The van der Waals surface area contributed by atoms with Crippen LogP contribution in [0.1, 0.15) is 25.3 Å². The Balaban J connectivity index is 3.08. The summed E-state index contributed by atoms with van der Waals surface area (Å²) >= 11 is 3.95. The van der Waals surface area contributed by atoms with Gasteiger partial charge in [-0.15, -0.1) is 0 Å². The van der Waals surface area contributed by atoms with E-state index in [9.17, 15) is 29.1 Å². The first-order valence-corrected chi connectivity index (χ1v) is 10.6. The number of thiol groups is 1. The zero-order chi connectivity index (χ0) is 25.1. The van der Waals surface area contributed by atoms with Gasteiger partial charge in [0.25, 0.3) is 0 Å². The van der Waals surface area contributed by atoms with Crippen LogP contribution >= 0.6 is 12.6 Å². The van der Waals surface area contributed by atoms with Gasteiger partial charge in [0, 0.05) is 18.6 Å². The van der Waals surface area contributed by atoms with E-state index >= 15 is 0 Å². The molecule has 8 N–H and O–H groups in total. The van der Waals surface area contributed by atoms with Crippen LogP contribution in [0.3, 0.4) is 0 Å². The van der Waals surface area contributed by atoms with E-state index < -0.39 is 60.2 Å². The summed E-state index contributed by atoms with van der Waals surface area (Å²) in [5.41, 5.74) is 6.22. The number of rotatable bonds is 13. The summed E-state index contributed by atoms with van der Waals surface area (Å²) in [7, 11) is 0. The van der Waals surface area contributed by atoms with E-state index in [2.05, 4.69) is 28.6 Å². The fraction of sp³-hybridized carbons (Fsp3) is 0.450. The second kappa shape index (κ2) is 13.3. The number of phenolic OH excluding ortho intramolecular Hbond substituents is 1. The summed E-state index contributed by atoms with van der Waals surface area (Å²) in [6, 6.07) is 0.989. The predicted octanol–water partition coefficient (Wildman–Crippen LogP) is -1.38. The van der Waals surface area contributed by atoms with Crippen molar-refractivity contribution in [2.45, 2.75) is 50.4 Å². The number of amides is 3. The largest absolute Gasteiger partial charge is 0.508 e. The highest BCUT2D eigenvalue weighted by atomic mass is 32.1. The highest BCUT2D eigenvalue weighted by Gasteiger charge is 2.29. The van der Waals surface area contributed by atoms with Crippen LogP contribution in [0.15, 0.2) is 24.3 Å². The molecule has 0 spiro atoms. The Morgan fingerprint density at radius 3 is 2.00 bits per heavy atom. The number of aliphatic carboxylic acids is 2. The molecule has 0 aromatic heterocycles. The van der Waals surface area contributed by atoms with Gasteiger partial charge < -0.3 is 37.0 Å². The summed E-state index contributed by atoms with van der Waals surface area (Å²) in [6.45, 7) is 1.21. The molecule has 0 aliphatic heterocycles. The number of aromatic hydroxyl groups is 1. The third-order valence-corrected chi connectivity index (χ3v) is 4.95. The molecule has 0 aliphatic rings. The number of nitrogens with one attached hydrogen (secondary N) is 3. The van der Waals surface area contributed by atoms with Gasteiger partial charge in [0.1, 0.15) is 23.9 Å². The van der Waals surface area contributed by atoms with Crippen molar-refractivity contribution in [2.24, 2.45) is 5.73 Å². The molecule has 0 fully saturated rings. The average molecular weight is 485 g/mol. The van der Waals surface area contributed by atoms with Crippen LogP contribution < -0.4 is 21.7 Å². The number of benzene rings is 1. The number of hydrogen-bond donors (Lipinski definition) is 8. The quantitative estimate of drug-likeness (QED) is 0.155. The number of carboxylic acid groups (broad SMARTS) is 2. The molecule has 0 saturated heterocycles. The van der Waals surface area contributed by atoms with Gasteiger partial charge in [-0.25, -0.2) is 0 Å². The maximum absolute atomic E-state index is 13.0. The first-order chi connectivity index (χ1) is 15.4. The third kappa shape index (κ3) is 9.78. The zero-order valence-electron chi connectivity index (χ0n) is 17.9. The molecule has 1 aromatic rings. The predicted molar refractivity (Wildman–Crippen MR) is 120 cm³/mol. The van der Waals surface area contributed by atoms with Gasteiger partial charge >= 0.3 is 11.9 Å². The molecule has 3 amide bonds. The fourth-order valence-electron chi connectivity index (χ4n) is 2.62. The summed E-state index contributed by atoms with van der Waals surface area (Å²) in [5.74, 6) is -4.89. The van der Waals surface area contributed by atoms with Crippen molar-refractivity contribution in [3.8, 4) is 5.75 Å². The summed E-state index contributed by atoms with van der Waals surface area (Å²) < 4.78 is 0. The van der Waals surface area contributed by atoms with Gasteiger partial charge in [-0.2, -0.15) is 12.6 Å². The molecule has 13 heteroatoms. The van der Waals surface area contributed by atoms with E-state index in [0.29, 0.717) is 5.56 Å². The Kier molecular flexibility index (Phi) is 11.2. The average Bonchev–Trinajstić information content (AvgIpc) is 2.76. The molecule has 12 nitrogen and oxygen atoms in total. The van der Waals surface area contributed by atoms with Crippen molar-refractivity contribution < 1.29 is 39.3 Å². The minimum absolute atomic E-state index is 0.00107. The molecule has 0 bridgehead atoms. The molecule has 4 atom stereocenters. The highest BCUT2D eigenvalue weighted by Crippen LogP contribution is 2.12. The maximum Gasteiger partial charge on any atom is 0.325 e. The Morgan fingerprint density at radius 2 is 1.48 bits per heavy atom. The molecule has 0 radical (unpaired) electrons. The number of nitrogens with two attached hydrogens (primary N) is 1.